The second kappa shape index (κ2) is 7.54. The summed E-state index contributed by atoms with van der Waals surface area (Å²) in [6, 6.07) is 20.7. The number of fused-ring (bicyclic) bond motifs is 1. The van der Waals surface area contributed by atoms with Gasteiger partial charge in [-0.25, -0.2) is 4.68 Å². The van der Waals surface area contributed by atoms with Crippen molar-refractivity contribution in [2.24, 2.45) is 5.73 Å². The average Bonchev–Trinajstić information content (AvgIpc) is 3.41. The lowest BCUT2D eigenvalue weighted by Gasteiger charge is -2.22. The number of amides is 1. The zero-order chi connectivity index (χ0) is 21.5. The van der Waals surface area contributed by atoms with Gasteiger partial charge in [0.1, 0.15) is 0 Å². The molecule has 6 heteroatoms. The fourth-order valence-electron chi connectivity index (χ4n) is 4.55. The molecule has 1 saturated heterocycles. The molecule has 0 spiro atoms. The molecule has 2 aromatic heterocycles. The van der Waals surface area contributed by atoms with Crippen LogP contribution in [0.5, 0.6) is 0 Å². The molecule has 0 aliphatic carbocycles. The van der Waals surface area contributed by atoms with Crippen LogP contribution in [-0.4, -0.2) is 33.8 Å². The number of nitrogens with two attached hydrogens (primary N) is 1. The monoisotopic (exact) mass is 411 g/mol. The topological polar surface area (TPSA) is 77.0 Å². The van der Waals surface area contributed by atoms with E-state index in [9.17, 15) is 4.79 Å². The van der Waals surface area contributed by atoms with Crippen LogP contribution in [0.25, 0.3) is 16.6 Å². The van der Waals surface area contributed by atoms with Crippen LogP contribution in [0.4, 0.5) is 5.69 Å². The highest BCUT2D eigenvalue weighted by Gasteiger charge is 2.25. The predicted octanol–water partition coefficient (Wildman–Crippen LogP) is 4.13. The van der Waals surface area contributed by atoms with Gasteiger partial charge in [-0.15, -0.1) is 0 Å². The highest BCUT2D eigenvalue weighted by atomic mass is 16.1. The van der Waals surface area contributed by atoms with Crippen molar-refractivity contribution in [3.63, 3.8) is 0 Å². The van der Waals surface area contributed by atoms with Crippen LogP contribution in [0.3, 0.4) is 0 Å². The van der Waals surface area contributed by atoms with Crippen LogP contribution >= 0.6 is 0 Å². The van der Waals surface area contributed by atoms with Gasteiger partial charge in [-0.05, 0) is 56.2 Å². The Morgan fingerprint density at radius 1 is 1.06 bits per heavy atom. The summed E-state index contributed by atoms with van der Waals surface area (Å²) >= 11 is 0. The summed E-state index contributed by atoms with van der Waals surface area (Å²) in [6.45, 7) is 5.95. The lowest BCUT2D eigenvalue weighted by Crippen LogP contribution is -2.20. The molecule has 3 heterocycles. The predicted molar refractivity (Wildman–Crippen MR) is 123 cm³/mol. The summed E-state index contributed by atoms with van der Waals surface area (Å²) in [6.07, 6.45) is 1.13. The first-order valence-electron chi connectivity index (χ1n) is 10.6. The molecule has 0 unspecified atom stereocenters. The smallest absolute Gasteiger partial charge is 0.269 e. The molecule has 2 aromatic carbocycles. The number of primary amides is 1. The van der Waals surface area contributed by atoms with Crippen molar-refractivity contribution in [2.75, 3.05) is 18.0 Å². The van der Waals surface area contributed by atoms with Crippen molar-refractivity contribution in [3.05, 3.63) is 83.3 Å². The number of nitrogens with zero attached hydrogens (tertiary/aromatic N) is 4. The molecule has 1 fully saturated rings. The normalized spacial score (nSPS) is 16.2. The summed E-state index contributed by atoms with van der Waals surface area (Å²) in [5, 5.41) is 5.48. The van der Waals surface area contributed by atoms with Gasteiger partial charge in [0, 0.05) is 41.5 Å². The van der Waals surface area contributed by atoms with E-state index in [-0.39, 0.29) is 5.69 Å². The Bertz CT molecular complexity index is 1280. The SMILES string of the molecule is Cc1cc(N2CC[C@@H](c3ccccc3)C2)c2cc(-n3nc(C(N)=O)cc3C)ccc2n1. The third-order valence-electron chi connectivity index (χ3n) is 6.08. The summed E-state index contributed by atoms with van der Waals surface area (Å²) in [4.78, 5) is 18.8. The molecule has 31 heavy (non-hydrogen) atoms. The van der Waals surface area contributed by atoms with Gasteiger partial charge in [0.25, 0.3) is 5.91 Å². The van der Waals surface area contributed by atoms with Crippen molar-refractivity contribution >= 4 is 22.5 Å². The van der Waals surface area contributed by atoms with Gasteiger partial charge in [-0.2, -0.15) is 5.10 Å². The molecule has 1 amide bonds. The number of benzene rings is 2. The number of carbonyl (C=O) groups is 1. The van der Waals surface area contributed by atoms with E-state index < -0.39 is 5.91 Å². The quantitative estimate of drug-likeness (QED) is 0.548. The number of rotatable bonds is 4. The molecular formula is C25H25N5O. The highest BCUT2D eigenvalue weighted by Crippen LogP contribution is 2.35. The lowest BCUT2D eigenvalue weighted by molar-refractivity contribution is 0.0995. The maximum absolute atomic E-state index is 11.6. The molecular weight excluding hydrogens is 386 g/mol. The van der Waals surface area contributed by atoms with Gasteiger partial charge < -0.3 is 10.6 Å². The van der Waals surface area contributed by atoms with E-state index in [1.54, 1.807) is 10.7 Å². The zero-order valence-electron chi connectivity index (χ0n) is 17.7. The molecule has 1 aliphatic rings. The Kier molecular flexibility index (Phi) is 4.70. The van der Waals surface area contributed by atoms with Gasteiger partial charge in [0.2, 0.25) is 0 Å². The number of anilines is 1. The van der Waals surface area contributed by atoms with Crippen LogP contribution in [0.1, 0.15) is 39.8 Å². The zero-order valence-corrected chi connectivity index (χ0v) is 17.7. The Morgan fingerprint density at radius 3 is 2.61 bits per heavy atom. The first-order chi connectivity index (χ1) is 15.0. The van der Waals surface area contributed by atoms with E-state index in [1.165, 1.54) is 11.3 Å². The Balaban J connectivity index is 1.56. The number of carbonyl (C=O) groups excluding carboxylic acids is 1. The first kappa shape index (κ1) is 19.3. The van der Waals surface area contributed by atoms with E-state index in [0.717, 1.165) is 47.5 Å². The van der Waals surface area contributed by atoms with Crippen LogP contribution in [0.15, 0.2) is 60.7 Å². The van der Waals surface area contributed by atoms with E-state index in [1.807, 2.05) is 26.0 Å². The molecule has 1 aliphatic heterocycles. The Hall–Kier alpha value is -3.67. The van der Waals surface area contributed by atoms with Crippen molar-refractivity contribution in [2.45, 2.75) is 26.2 Å². The Morgan fingerprint density at radius 2 is 1.87 bits per heavy atom. The fraction of sp³-hybridized carbons (Fsp3) is 0.240. The van der Waals surface area contributed by atoms with E-state index in [2.05, 4.69) is 52.5 Å². The minimum Gasteiger partial charge on any atom is -0.370 e. The van der Waals surface area contributed by atoms with Crippen molar-refractivity contribution < 1.29 is 4.79 Å². The van der Waals surface area contributed by atoms with Crippen molar-refractivity contribution in [1.29, 1.82) is 0 Å². The number of hydrogen-bond donors (Lipinski definition) is 1. The number of aryl methyl sites for hydroxylation is 2. The maximum Gasteiger partial charge on any atom is 0.269 e. The maximum atomic E-state index is 11.6. The standard InChI is InChI=1S/C25H25N5O/c1-16-12-24(29-11-10-19(15-29)18-6-4-3-5-7-18)21-14-20(8-9-22(21)27-16)30-17(2)13-23(28-30)25(26)31/h3-9,12-14,19H,10-11,15H2,1-2H3,(H2,26,31)/t19-/m1/s1. The fourth-order valence-corrected chi connectivity index (χ4v) is 4.55. The van der Waals surface area contributed by atoms with Gasteiger partial charge >= 0.3 is 0 Å². The highest BCUT2D eigenvalue weighted by molar-refractivity contribution is 5.94. The summed E-state index contributed by atoms with van der Waals surface area (Å²) < 4.78 is 1.76. The Labute approximate surface area is 181 Å². The third-order valence-corrected chi connectivity index (χ3v) is 6.08. The van der Waals surface area contributed by atoms with Crippen LogP contribution in [-0.2, 0) is 0 Å². The van der Waals surface area contributed by atoms with Crippen LogP contribution < -0.4 is 10.6 Å². The van der Waals surface area contributed by atoms with Gasteiger partial charge in [0.05, 0.1) is 11.2 Å². The molecule has 0 bridgehead atoms. The summed E-state index contributed by atoms with van der Waals surface area (Å²) in [5.41, 5.74) is 12.0. The first-order valence-corrected chi connectivity index (χ1v) is 10.6. The van der Waals surface area contributed by atoms with E-state index >= 15 is 0 Å². The molecule has 156 valence electrons. The molecule has 4 aromatic rings. The second-order valence-electron chi connectivity index (χ2n) is 8.27. The van der Waals surface area contributed by atoms with E-state index in [4.69, 9.17) is 10.7 Å². The number of hydrogen-bond acceptors (Lipinski definition) is 4. The van der Waals surface area contributed by atoms with E-state index in [0.29, 0.717) is 5.92 Å². The second-order valence-corrected chi connectivity index (χ2v) is 8.27. The number of aromatic nitrogens is 3. The third kappa shape index (κ3) is 3.54. The van der Waals surface area contributed by atoms with Crippen LogP contribution in [0, 0.1) is 13.8 Å². The molecule has 0 saturated carbocycles. The van der Waals surface area contributed by atoms with Crippen molar-refractivity contribution in [3.8, 4) is 5.69 Å². The van der Waals surface area contributed by atoms with Gasteiger partial charge in [-0.3, -0.25) is 9.78 Å². The number of pyridine rings is 1. The molecule has 1 atom stereocenters. The minimum atomic E-state index is -0.523. The van der Waals surface area contributed by atoms with Crippen molar-refractivity contribution in [1.82, 2.24) is 14.8 Å². The van der Waals surface area contributed by atoms with Gasteiger partial charge in [0.15, 0.2) is 5.69 Å². The largest absolute Gasteiger partial charge is 0.370 e. The molecule has 2 N–H and O–H groups in total. The molecule has 5 rings (SSSR count). The minimum absolute atomic E-state index is 0.269. The summed E-state index contributed by atoms with van der Waals surface area (Å²) in [7, 11) is 0. The average molecular weight is 412 g/mol. The summed E-state index contributed by atoms with van der Waals surface area (Å²) in [5.74, 6) is 0.00373. The molecule has 0 radical (unpaired) electrons. The lowest BCUT2D eigenvalue weighted by atomic mass is 9.99. The van der Waals surface area contributed by atoms with Crippen LogP contribution in [0.2, 0.25) is 0 Å². The van der Waals surface area contributed by atoms with Gasteiger partial charge in [-0.1, -0.05) is 30.3 Å². The molecule has 6 nitrogen and oxygen atoms in total.